The lowest BCUT2D eigenvalue weighted by atomic mass is 9.79. The summed E-state index contributed by atoms with van der Waals surface area (Å²) in [5.74, 6) is -0.0916. The monoisotopic (exact) mass is 283 g/mol. The van der Waals surface area contributed by atoms with Gasteiger partial charge >= 0.3 is 0 Å². The average molecular weight is 283 g/mol. The first-order valence-corrected chi connectivity index (χ1v) is 7.31. The van der Waals surface area contributed by atoms with Crippen molar-refractivity contribution < 1.29 is 9.59 Å². The SMILES string of the molecule is CC(C)(C)CC(=O)NCC(=O)N1CCC(N)C(C)(C)C1. The normalized spacial score (nSPS) is 22.5. The van der Waals surface area contributed by atoms with Crippen LogP contribution in [-0.2, 0) is 9.59 Å². The first-order chi connectivity index (χ1) is 9.01. The molecule has 1 atom stereocenters. The van der Waals surface area contributed by atoms with Gasteiger partial charge in [0.15, 0.2) is 0 Å². The number of carbonyl (C=O) groups is 2. The molecule has 0 saturated carbocycles. The Kier molecular flexibility index (Phi) is 5.19. The molecule has 1 aliphatic rings. The minimum Gasteiger partial charge on any atom is -0.347 e. The van der Waals surface area contributed by atoms with Gasteiger partial charge in [-0.3, -0.25) is 9.59 Å². The van der Waals surface area contributed by atoms with E-state index in [1.807, 2.05) is 20.8 Å². The Balaban J connectivity index is 2.42. The standard InChI is InChI=1S/C15H29N3O2/c1-14(2,3)8-12(19)17-9-13(20)18-7-6-11(16)15(4,5)10-18/h11H,6-10,16H2,1-5H3,(H,17,19). The molecule has 1 heterocycles. The summed E-state index contributed by atoms with van der Waals surface area (Å²) in [6, 6.07) is 0.127. The van der Waals surface area contributed by atoms with Crippen LogP contribution in [0.5, 0.6) is 0 Å². The van der Waals surface area contributed by atoms with Crippen molar-refractivity contribution in [3.05, 3.63) is 0 Å². The minimum absolute atomic E-state index is 0.0211. The number of carbonyl (C=O) groups excluding carboxylic acids is 2. The fraction of sp³-hybridized carbons (Fsp3) is 0.867. The Morgan fingerprint density at radius 2 is 1.95 bits per heavy atom. The molecule has 5 heteroatoms. The van der Waals surface area contributed by atoms with Gasteiger partial charge in [-0.2, -0.15) is 0 Å². The molecule has 3 N–H and O–H groups in total. The van der Waals surface area contributed by atoms with E-state index in [0.29, 0.717) is 19.5 Å². The number of amides is 2. The summed E-state index contributed by atoms with van der Waals surface area (Å²) in [4.78, 5) is 25.7. The van der Waals surface area contributed by atoms with E-state index in [1.165, 1.54) is 0 Å². The van der Waals surface area contributed by atoms with Gasteiger partial charge in [0.2, 0.25) is 11.8 Å². The minimum atomic E-state index is -0.0705. The molecule has 1 saturated heterocycles. The highest BCUT2D eigenvalue weighted by molar-refractivity contribution is 5.85. The predicted octanol–water partition coefficient (Wildman–Crippen LogP) is 1.12. The number of hydrogen-bond acceptors (Lipinski definition) is 3. The third kappa shape index (κ3) is 5.12. The smallest absolute Gasteiger partial charge is 0.241 e. The van der Waals surface area contributed by atoms with Crippen LogP contribution in [-0.4, -0.2) is 42.4 Å². The molecule has 1 unspecified atom stereocenters. The first kappa shape index (κ1) is 17.0. The van der Waals surface area contributed by atoms with Crippen molar-refractivity contribution in [2.45, 2.75) is 53.5 Å². The lowest BCUT2D eigenvalue weighted by Gasteiger charge is -2.42. The lowest BCUT2D eigenvalue weighted by molar-refractivity contribution is -0.136. The maximum Gasteiger partial charge on any atom is 0.241 e. The van der Waals surface area contributed by atoms with Crippen LogP contribution >= 0.6 is 0 Å². The van der Waals surface area contributed by atoms with Crippen molar-refractivity contribution in [1.82, 2.24) is 10.2 Å². The summed E-state index contributed by atoms with van der Waals surface area (Å²) in [7, 11) is 0. The van der Waals surface area contributed by atoms with Crippen molar-refractivity contribution in [1.29, 1.82) is 0 Å². The largest absolute Gasteiger partial charge is 0.347 e. The van der Waals surface area contributed by atoms with Crippen molar-refractivity contribution in [3.63, 3.8) is 0 Å². The number of nitrogens with zero attached hydrogens (tertiary/aromatic N) is 1. The van der Waals surface area contributed by atoms with E-state index >= 15 is 0 Å². The van der Waals surface area contributed by atoms with Crippen LogP contribution in [0.1, 0.15) is 47.5 Å². The van der Waals surface area contributed by atoms with Gasteiger partial charge in [0.25, 0.3) is 0 Å². The zero-order chi connectivity index (χ0) is 15.6. The molecular formula is C15H29N3O2. The number of likely N-dealkylation sites (tertiary alicyclic amines) is 1. The van der Waals surface area contributed by atoms with Gasteiger partial charge in [0, 0.05) is 25.6 Å². The van der Waals surface area contributed by atoms with Gasteiger partial charge in [-0.05, 0) is 17.3 Å². The molecule has 5 nitrogen and oxygen atoms in total. The number of nitrogens with one attached hydrogen (secondary N) is 1. The summed E-state index contributed by atoms with van der Waals surface area (Å²) >= 11 is 0. The molecule has 1 rings (SSSR count). The van der Waals surface area contributed by atoms with Crippen LogP contribution in [0.2, 0.25) is 0 Å². The van der Waals surface area contributed by atoms with Crippen LogP contribution in [0.25, 0.3) is 0 Å². The number of nitrogens with two attached hydrogens (primary N) is 1. The lowest BCUT2D eigenvalue weighted by Crippen LogP contribution is -2.55. The van der Waals surface area contributed by atoms with Gasteiger partial charge in [0.1, 0.15) is 0 Å². The fourth-order valence-corrected chi connectivity index (χ4v) is 2.42. The van der Waals surface area contributed by atoms with Gasteiger partial charge in [0.05, 0.1) is 6.54 Å². The van der Waals surface area contributed by atoms with E-state index in [9.17, 15) is 9.59 Å². The Labute approximate surface area is 122 Å². The van der Waals surface area contributed by atoms with E-state index < -0.39 is 0 Å². The van der Waals surface area contributed by atoms with E-state index in [4.69, 9.17) is 5.73 Å². The van der Waals surface area contributed by atoms with Crippen LogP contribution in [0.3, 0.4) is 0 Å². The summed E-state index contributed by atoms with van der Waals surface area (Å²) in [5, 5.41) is 2.71. The quantitative estimate of drug-likeness (QED) is 0.815. The van der Waals surface area contributed by atoms with Crippen molar-refractivity contribution in [2.24, 2.45) is 16.6 Å². The zero-order valence-electron chi connectivity index (χ0n) is 13.5. The second-order valence-electron chi connectivity index (χ2n) is 7.71. The molecule has 0 spiro atoms. The Morgan fingerprint density at radius 3 is 2.45 bits per heavy atom. The zero-order valence-corrected chi connectivity index (χ0v) is 13.5. The number of piperidine rings is 1. The van der Waals surface area contributed by atoms with Crippen LogP contribution < -0.4 is 11.1 Å². The summed E-state index contributed by atoms with van der Waals surface area (Å²) in [5.41, 5.74) is 5.93. The van der Waals surface area contributed by atoms with Crippen LogP contribution in [0, 0.1) is 10.8 Å². The maximum absolute atomic E-state index is 12.1. The van der Waals surface area contributed by atoms with E-state index in [1.54, 1.807) is 4.90 Å². The molecule has 0 radical (unpaired) electrons. The Bertz CT molecular complexity index is 372. The number of rotatable bonds is 3. The molecule has 2 amide bonds. The highest BCUT2D eigenvalue weighted by Crippen LogP contribution is 2.27. The Morgan fingerprint density at radius 1 is 1.35 bits per heavy atom. The molecule has 20 heavy (non-hydrogen) atoms. The fourth-order valence-electron chi connectivity index (χ4n) is 2.42. The van der Waals surface area contributed by atoms with Crippen molar-refractivity contribution >= 4 is 11.8 Å². The summed E-state index contributed by atoms with van der Waals surface area (Å²) in [6.45, 7) is 11.6. The van der Waals surface area contributed by atoms with E-state index in [0.717, 1.165) is 6.42 Å². The topological polar surface area (TPSA) is 75.4 Å². The average Bonchev–Trinajstić information content (AvgIpc) is 2.27. The third-order valence-corrected chi connectivity index (χ3v) is 3.79. The number of hydrogen-bond donors (Lipinski definition) is 2. The predicted molar refractivity (Wildman–Crippen MR) is 80.0 cm³/mol. The van der Waals surface area contributed by atoms with Gasteiger partial charge in [-0.15, -0.1) is 0 Å². The molecule has 0 aromatic carbocycles. The molecule has 1 aliphatic heterocycles. The van der Waals surface area contributed by atoms with Gasteiger partial charge < -0.3 is 16.0 Å². The molecule has 0 aliphatic carbocycles. The van der Waals surface area contributed by atoms with Crippen molar-refractivity contribution in [2.75, 3.05) is 19.6 Å². The van der Waals surface area contributed by atoms with E-state index in [2.05, 4.69) is 19.2 Å². The molecule has 116 valence electrons. The van der Waals surface area contributed by atoms with Gasteiger partial charge in [-0.1, -0.05) is 34.6 Å². The first-order valence-electron chi connectivity index (χ1n) is 7.31. The highest BCUT2D eigenvalue weighted by Gasteiger charge is 2.35. The molecular weight excluding hydrogens is 254 g/mol. The molecule has 0 bridgehead atoms. The second-order valence-corrected chi connectivity index (χ2v) is 7.71. The van der Waals surface area contributed by atoms with Crippen molar-refractivity contribution in [3.8, 4) is 0 Å². The van der Waals surface area contributed by atoms with E-state index in [-0.39, 0.29) is 35.2 Å². The highest BCUT2D eigenvalue weighted by atomic mass is 16.2. The maximum atomic E-state index is 12.1. The molecule has 0 aromatic rings. The van der Waals surface area contributed by atoms with Gasteiger partial charge in [-0.25, -0.2) is 0 Å². The van der Waals surface area contributed by atoms with Crippen LogP contribution in [0.4, 0.5) is 0 Å². The summed E-state index contributed by atoms with van der Waals surface area (Å²) < 4.78 is 0. The Hall–Kier alpha value is -1.10. The van der Waals surface area contributed by atoms with Crippen LogP contribution in [0.15, 0.2) is 0 Å². The molecule has 0 aromatic heterocycles. The summed E-state index contributed by atoms with van der Waals surface area (Å²) in [6.07, 6.45) is 1.24. The molecule has 1 fully saturated rings. The third-order valence-electron chi connectivity index (χ3n) is 3.79. The second kappa shape index (κ2) is 6.12.